The third-order valence-electron chi connectivity index (χ3n) is 5.12. The average Bonchev–Trinajstić information content (AvgIpc) is 3.25. The fourth-order valence-electron chi connectivity index (χ4n) is 3.62. The lowest BCUT2D eigenvalue weighted by atomic mass is 10.0. The molecule has 1 atom stereocenters. The smallest absolute Gasteiger partial charge is 0.411 e. The van der Waals surface area contributed by atoms with Crippen molar-refractivity contribution >= 4 is 23.4 Å². The van der Waals surface area contributed by atoms with Crippen LogP contribution >= 0.6 is 11.6 Å². The van der Waals surface area contributed by atoms with Gasteiger partial charge in [-0.15, -0.1) is 5.10 Å². The van der Waals surface area contributed by atoms with Gasteiger partial charge in [-0.25, -0.2) is 9.48 Å². The van der Waals surface area contributed by atoms with E-state index in [1.54, 1.807) is 28.9 Å². The Morgan fingerprint density at radius 3 is 2.65 bits per heavy atom. The predicted octanol–water partition coefficient (Wildman–Crippen LogP) is 1.58. The minimum Gasteiger partial charge on any atom is -0.447 e. The van der Waals surface area contributed by atoms with Gasteiger partial charge in [-0.1, -0.05) is 41.9 Å². The Labute approximate surface area is 184 Å². The van der Waals surface area contributed by atoms with E-state index < -0.39 is 6.09 Å². The van der Waals surface area contributed by atoms with Gasteiger partial charge < -0.3 is 14.4 Å². The molecule has 0 bridgehead atoms. The molecule has 1 aliphatic rings. The summed E-state index contributed by atoms with van der Waals surface area (Å²) in [7, 11) is 0. The molecule has 2 heterocycles. The normalized spacial score (nSPS) is 15.4. The summed E-state index contributed by atoms with van der Waals surface area (Å²) >= 11 is 5.86. The Balaban J connectivity index is 1.41. The molecular formula is C21H24ClN6O3+. The van der Waals surface area contributed by atoms with E-state index in [1.807, 2.05) is 18.2 Å². The summed E-state index contributed by atoms with van der Waals surface area (Å²) in [5.74, 6) is 0.741. The number of morpholine rings is 1. The zero-order valence-corrected chi connectivity index (χ0v) is 17.7. The van der Waals surface area contributed by atoms with Crippen LogP contribution in [-0.2, 0) is 16.0 Å². The van der Waals surface area contributed by atoms with Gasteiger partial charge in [-0.2, -0.15) is 0 Å². The van der Waals surface area contributed by atoms with Crippen molar-refractivity contribution in [2.75, 3.05) is 38.2 Å². The van der Waals surface area contributed by atoms with Crippen LogP contribution in [0.4, 0.5) is 10.5 Å². The third kappa shape index (κ3) is 5.57. The lowest BCUT2D eigenvalue weighted by molar-refractivity contribution is -0.933. The maximum Gasteiger partial charge on any atom is 0.411 e. The molecule has 1 amide bonds. The molecular weight excluding hydrogens is 420 g/mol. The number of rotatable bonds is 7. The largest absolute Gasteiger partial charge is 0.447 e. The van der Waals surface area contributed by atoms with Crippen LogP contribution in [0, 0.1) is 0 Å². The van der Waals surface area contributed by atoms with E-state index in [2.05, 4.69) is 33.0 Å². The molecule has 0 unspecified atom stereocenters. The van der Waals surface area contributed by atoms with E-state index in [-0.39, 0.29) is 12.6 Å². The second kappa shape index (κ2) is 10.3. The fraction of sp³-hybridized carbons (Fsp3) is 0.333. The molecule has 1 aliphatic heterocycles. The monoisotopic (exact) mass is 443 g/mol. The van der Waals surface area contributed by atoms with Crippen LogP contribution in [0.3, 0.4) is 0 Å². The molecule has 162 valence electrons. The summed E-state index contributed by atoms with van der Waals surface area (Å²) in [5, 5.41) is 15.6. The maximum absolute atomic E-state index is 12.1. The van der Waals surface area contributed by atoms with Gasteiger partial charge in [0, 0.05) is 16.3 Å². The number of carbonyl (C=O) groups is 1. The number of amides is 1. The highest BCUT2D eigenvalue weighted by Gasteiger charge is 2.32. The van der Waals surface area contributed by atoms with Crippen LogP contribution in [0.2, 0.25) is 5.02 Å². The number of halogens is 1. The topological polar surface area (TPSA) is 95.6 Å². The van der Waals surface area contributed by atoms with Crippen molar-refractivity contribution in [2.45, 2.75) is 12.6 Å². The average molecular weight is 444 g/mol. The number of hydrogen-bond acceptors (Lipinski definition) is 6. The number of quaternary nitrogens is 1. The van der Waals surface area contributed by atoms with Crippen molar-refractivity contribution in [3.8, 4) is 0 Å². The van der Waals surface area contributed by atoms with Gasteiger partial charge in [0.15, 0.2) is 6.04 Å². The Bertz CT molecular complexity index is 976. The Morgan fingerprint density at radius 1 is 1.16 bits per heavy atom. The Morgan fingerprint density at radius 2 is 1.90 bits per heavy atom. The molecule has 1 fully saturated rings. The van der Waals surface area contributed by atoms with Crippen molar-refractivity contribution in [2.24, 2.45) is 0 Å². The van der Waals surface area contributed by atoms with Gasteiger partial charge in [0.2, 0.25) is 5.82 Å². The molecule has 2 N–H and O–H groups in total. The molecule has 0 radical (unpaired) electrons. The summed E-state index contributed by atoms with van der Waals surface area (Å²) < 4.78 is 12.5. The first-order valence-corrected chi connectivity index (χ1v) is 10.5. The minimum absolute atomic E-state index is 0.0250. The van der Waals surface area contributed by atoms with Gasteiger partial charge in [-0.05, 0) is 34.7 Å². The van der Waals surface area contributed by atoms with Crippen molar-refractivity contribution in [1.82, 2.24) is 20.2 Å². The minimum atomic E-state index is -0.546. The maximum atomic E-state index is 12.1. The summed E-state index contributed by atoms with van der Waals surface area (Å²) in [6.45, 7) is 3.63. The Kier molecular flexibility index (Phi) is 7.08. The van der Waals surface area contributed by atoms with E-state index in [1.165, 1.54) is 4.90 Å². The van der Waals surface area contributed by atoms with Crippen LogP contribution in [-0.4, -0.2) is 59.2 Å². The van der Waals surface area contributed by atoms with Crippen LogP contribution in [0.15, 0.2) is 54.6 Å². The SMILES string of the molecule is O=C(Nc1ccc(Cl)cc1)OCCn1nnnc1[C@H](c1ccccc1)[NH+]1CCOCC1. The molecule has 0 aliphatic carbocycles. The van der Waals surface area contributed by atoms with Gasteiger partial charge in [0.25, 0.3) is 0 Å². The fourth-order valence-corrected chi connectivity index (χ4v) is 3.75. The molecule has 0 spiro atoms. The van der Waals surface area contributed by atoms with E-state index in [4.69, 9.17) is 21.1 Å². The number of aromatic nitrogens is 4. The number of nitrogens with one attached hydrogen (secondary N) is 2. The quantitative estimate of drug-likeness (QED) is 0.575. The van der Waals surface area contributed by atoms with Gasteiger partial charge in [-0.3, -0.25) is 5.32 Å². The van der Waals surface area contributed by atoms with E-state index in [0.717, 1.165) is 24.5 Å². The van der Waals surface area contributed by atoms with E-state index in [0.29, 0.717) is 30.5 Å². The number of benzene rings is 2. The summed E-state index contributed by atoms with van der Waals surface area (Å²) in [4.78, 5) is 13.4. The highest BCUT2D eigenvalue weighted by molar-refractivity contribution is 6.30. The standard InChI is InChI=1S/C21H23ClN6O3/c22-17-6-8-18(9-7-17)23-21(29)31-15-12-28-20(24-25-26-28)19(16-4-2-1-3-5-16)27-10-13-30-14-11-27/h1-9,19H,10-15H2,(H,23,29)/p+1/t19-/m0/s1. The first kappa shape index (κ1) is 21.2. The number of hydrogen-bond donors (Lipinski definition) is 2. The van der Waals surface area contributed by atoms with E-state index in [9.17, 15) is 4.79 Å². The van der Waals surface area contributed by atoms with Crippen LogP contribution in [0.25, 0.3) is 0 Å². The second-order valence-electron chi connectivity index (χ2n) is 7.14. The lowest BCUT2D eigenvalue weighted by Crippen LogP contribution is -3.14. The van der Waals surface area contributed by atoms with Crippen molar-refractivity contribution < 1.29 is 19.2 Å². The zero-order chi connectivity index (χ0) is 21.5. The van der Waals surface area contributed by atoms with Crippen LogP contribution in [0.5, 0.6) is 0 Å². The first-order valence-electron chi connectivity index (χ1n) is 10.1. The molecule has 4 rings (SSSR count). The Hall–Kier alpha value is -3.01. The molecule has 10 heteroatoms. The second-order valence-corrected chi connectivity index (χ2v) is 7.58. The zero-order valence-electron chi connectivity index (χ0n) is 16.9. The van der Waals surface area contributed by atoms with Crippen molar-refractivity contribution in [3.05, 3.63) is 71.0 Å². The van der Waals surface area contributed by atoms with Crippen LogP contribution in [0.1, 0.15) is 17.4 Å². The van der Waals surface area contributed by atoms with E-state index >= 15 is 0 Å². The van der Waals surface area contributed by atoms with Gasteiger partial charge in [0.1, 0.15) is 19.7 Å². The number of nitrogens with zero attached hydrogens (tertiary/aromatic N) is 4. The highest BCUT2D eigenvalue weighted by atomic mass is 35.5. The number of anilines is 1. The molecule has 9 nitrogen and oxygen atoms in total. The third-order valence-corrected chi connectivity index (χ3v) is 5.37. The van der Waals surface area contributed by atoms with Crippen LogP contribution < -0.4 is 10.2 Å². The summed E-state index contributed by atoms with van der Waals surface area (Å²) in [6, 6.07) is 17.0. The first-order chi connectivity index (χ1) is 15.2. The molecule has 2 aromatic carbocycles. The molecule has 3 aromatic rings. The molecule has 1 saturated heterocycles. The predicted molar refractivity (Wildman–Crippen MR) is 114 cm³/mol. The summed E-state index contributed by atoms with van der Waals surface area (Å²) in [6.07, 6.45) is -0.546. The van der Waals surface area contributed by atoms with Crippen molar-refractivity contribution in [1.29, 1.82) is 0 Å². The van der Waals surface area contributed by atoms with Gasteiger partial charge >= 0.3 is 6.09 Å². The highest BCUT2D eigenvalue weighted by Crippen LogP contribution is 2.17. The number of carbonyl (C=O) groups excluding carboxylic acids is 1. The number of ether oxygens (including phenoxy) is 2. The van der Waals surface area contributed by atoms with Gasteiger partial charge in [0.05, 0.1) is 19.8 Å². The molecule has 1 aromatic heterocycles. The molecule has 0 saturated carbocycles. The molecule has 31 heavy (non-hydrogen) atoms. The van der Waals surface area contributed by atoms with Crippen molar-refractivity contribution in [3.63, 3.8) is 0 Å². The summed E-state index contributed by atoms with van der Waals surface area (Å²) in [5.41, 5.74) is 1.74. The lowest BCUT2D eigenvalue weighted by Gasteiger charge is -2.30. The number of tetrazole rings is 1.